The Bertz CT molecular complexity index is 3560. The van der Waals surface area contributed by atoms with Crippen LogP contribution in [0.25, 0.3) is 112 Å². The lowest BCUT2D eigenvalue weighted by molar-refractivity contribution is 0.660. The molecule has 302 valence electrons. The molecule has 0 amide bonds. The normalized spacial score (nSPS) is 12.7. The molecule has 1 aliphatic rings. The maximum atomic E-state index is 6.62. The third kappa shape index (κ3) is 6.42. The van der Waals surface area contributed by atoms with Crippen LogP contribution < -0.4 is 0 Å². The van der Waals surface area contributed by atoms with Crippen LogP contribution in [-0.4, -0.2) is 15.0 Å². The molecule has 1 aliphatic carbocycles. The van der Waals surface area contributed by atoms with Gasteiger partial charge in [-0.2, -0.15) is 0 Å². The van der Waals surface area contributed by atoms with E-state index in [-0.39, 0.29) is 5.41 Å². The summed E-state index contributed by atoms with van der Waals surface area (Å²) in [6.45, 7) is 4.66. The molecule has 0 spiro atoms. The summed E-state index contributed by atoms with van der Waals surface area (Å²) in [4.78, 5) is 15.6. The predicted octanol–water partition coefficient (Wildman–Crippen LogP) is 15.7. The van der Waals surface area contributed by atoms with Crippen molar-refractivity contribution in [3.05, 3.63) is 223 Å². The molecule has 0 saturated carbocycles. The average molecular weight is 820 g/mol. The minimum Gasteiger partial charge on any atom is -0.456 e. The molecule has 4 nitrogen and oxygen atoms in total. The summed E-state index contributed by atoms with van der Waals surface area (Å²) in [5.74, 6) is 1.78. The first kappa shape index (κ1) is 37.5. The summed E-state index contributed by atoms with van der Waals surface area (Å²) in [5.41, 5.74) is 18.6. The fraction of sp³-hybridized carbons (Fsp3) is 0.0500. The largest absolute Gasteiger partial charge is 0.456 e. The molecule has 0 atom stereocenters. The lowest BCUT2D eigenvalue weighted by Gasteiger charge is -2.22. The van der Waals surface area contributed by atoms with Gasteiger partial charge in [-0.25, -0.2) is 15.0 Å². The van der Waals surface area contributed by atoms with E-state index in [1.165, 1.54) is 33.4 Å². The highest BCUT2D eigenvalue weighted by atomic mass is 16.3. The minimum absolute atomic E-state index is 0.119. The summed E-state index contributed by atoms with van der Waals surface area (Å²) >= 11 is 0. The van der Waals surface area contributed by atoms with Crippen molar-refractivity contribution in [3.8, 4) is 89.8 Å². The molecule has 0 radical (unpaired) electrons. The molecule has 0 N–H and O–H groups in total. The number of nitrogens with zero attached hydrogens (tertiary/aromatic N) is 3. The van der Waals surface area contributed by atoms with Crippen LogP contribution in [0.5, 0.6) is 0 Å². The van der Waals surface area contributed by atoms with Gasteiger partial charge in [-0.15, -0.1) is 0 Å². The first-order valence-electron chi connectivity index (χ1n) is 21.8. The molecule has 64 heavy (non-hydrogen) atoms. The Balaban J connectivity index is 0.990. The highest BCUT2D eigenvalue weighted by molar-refractivity contribution is 6.13. The smallest absolute Gasteiger partial charge is 0.164 e. The van der Waals surface area contributed by atoms with Crippen LogP contribution in [0.4, 0.5) is 0 Å². The fourth-order valence-electron chi connectivity index (χ4n) is 9.63. The SMILES string of the molecule is CC1(C)c2ccccc2-c2ccc(-c3cc(-c4ccccc4)cc(-c4nc(-c5ccccc5)nc(-c5ccc6c(c5)oc5cccc(-c7ccc(-c8ccccc8)cc7)c56)n4)c3)cc21. The molecule has 9 aromatic carbocycles. The molecular formula is C60H41N3O. The highest BCUT2D eigenvalue weighted by Crippen LogP contribution is 2.50. The molecule has 0 saturated heterocycles. The number of rotatable bonds is 7. The van der Waals surface area contributed by atoms with Gasteiger partial charge in [-0.3, -0.25) is 0 Å². The van der Waals surface area contributed by atoms with Gasteiger partial charge in [0.1, 0.15) is 11.2 Å². The van der Waals surface area contributed by atoms with Gasteiger partial charge in [0.2, 0.25) is 0 Å². The van der Waals surface area contributed by atoms with Crippen LogP contribution in [-0.2, 0) is 5.41 Å². The summed E-state index contributed by atoms with van der Waals surface area (Å²) in [6.07, 6.45) is 0. The van der Waals surface area contributed by atoms with Crippen molar-refractivity contribution in [2.75, 3.05) is 0 Å². The van der Waals surface area contributed by atoms with Crippen LogP contribution in [0, 0.1) is 0 Å². The van der Waals surface area contributed by atoms with Crippen molar-refractivity contribution < 1.29 is 4.42 Å². The van der Waals surface area contributed by atoms with Crippen LogP contribution in [0.3, 0.4) is 0 Å². The number of hydrogen-bond donors (Lipinski definition) is 0. The van der Waals surface area contributed by atoms with Gasteiger partial charge in [-0.05, 0) is 109 Å². The van der Waals surface area contributed by atoms with Crippen LogP contribution in [0.2, 0.25) is 0 Å². The van der Waals surface area contributed by atoms with Crippen LogP contribution >= 0.6 is 0 Å². The highest BCUT2D eigenvalue weighted by Gasteiger charge is 2.35. The van der Waals surface area contributed by atoms with E-state index in [1.54, 1.807) is 0 Å². The van der Waals surface area contributed by atoms with Gasteiger partial charge in [0.05, 0.1) is 0 Å². The first-order chi connectivity index (χ1) is 31.4. The maximum Gasteiger partial charge on any atom is 0.164 e. The Morgan fingerprint density at radius 1 is 0.312 bits per heavy atom. The van der Waals surface area contributed by atoms with E-state index in [0.717, 1.165) is 72.0 Å². The zero-order chi connectivity index (χ0) is 42.8. The molecular weight excluding hydrogens is 779 g/mol. The molecule has 0 bridgehead atoms. The maximum absolute atomic E-state index is 6.62. The molecule has 0 aliphatic heterocycles. The lowest BCUT2D eigenvalue weighted by Crippen LogP contribution is -2.14. The Morgan fingerprint density at radius 2 is 0.812 bits per heavy atom. The summed E-state index contributed by atoms with van der Waals surface area (Å²) in [7, 11) is 0. The van der Waals surface area contributed by atoms with Gasteiger partial charge in [-0.1, -0.05) is 184 Å². The number of aromatic nitrogens is 3. The van der Waals surface area contributed by atoms with Gasteiger partial charge in [0.15, 0.2) is 17.5 Å². The predicted molar refractivity (Wildman–Crippen MR) is 263 cm³/mol. The monoisotopic (exact) mass is 819 g/mol. The van der Waals surface area contributed by atoms with Gasteiger partial charge >= 0.3 is 0 Å². The van der Waals surface area contributed by atoms with Crippen molar-refractivity contribution in [1.29, 1.82) is 0 Å². The number of benzene rings is 9. The molecule has 2 aromatic heterocycles. The lowest BCUT2D eigenvalue weighted by atomic mass is 9.81. The van der Waals surface area contributed by atoms with Crippen molar-refractivity contribution in [1.82, 2.24) is 15.0 Å². The molecule has 0 unspecified atom stereocenters. The topological polar surface area (TPSA) is 51.8 Å². The van der Waals surface area contributed by atoms with E-state index in [2.05, 4.69) is 196 Å². The zero-order valence-electron chi connectivity index (χ0n) is 35.5. The second kappa shape index (κ2) is 15.0. The Kier molecular flexibility index (Phi) is 8.80. The first-order valence-corrected chi connectivity index (χ1v) is 21.8. The average Bonchev–Trinajstić information content (AvgIpc) is 3.85. The molecule has 4 heteroatoms. The second-order valence-electron chi connectivity index (χ2n) is 17.2. The van der Waals surface area contributed by atoms with Crippen molar-refractivity contribution in [2.24, 2.45) is 0 Å². The Hall–Kier alpha value is -8.21. The van der Waals surface area contributed by atoms with Crippen molar-refractivity contribution in [2.45, 2.75) is 19.3 Å². The number of furan rings is 1. The Morgan fingerprint density at radius 3 is 1.53 bits per heavy atom. The fourth-order valence-corrected chi connectivity index (χ4v) is 9.63. The Labute approximate surface area is 372 Å². The number of fused-ring (bicyclic) bond motifs is 6. The molecule has 12 rings (SSSR count). The third-order valence-electron chi connectivity index (χ3n) is 12.9. The van der Waals surface area contributed by atoms with E-state index in [4.69, 9.17) is 19.4 Å². The van der Waals surface area contributed by atoms with Gasteiger partial charge in [0.25, 0.3) is 0 Å². The van der Waals surface area contributed by atoms with Crippen molar-refractivity contribution in [3.63, 3.8) is 0 Å². The summed E-state index contributed by atoms with van der Waals surface area (Å²) < 4.78 is 6.62. The zero-order valence-corrected chi connectivity index (χ0v) is 35.5. The summed E-state index contributed by atoms with van der Waals surface area (Å²) in [6, 6.07) is 75.0. The van der Waals surface area contributed by atoms with Crippen molar-refractivity contribution >= 4 is 21.9 Å². The molecule has 11 aromatic rings. The van der Waals surface area contributed by atoms with Crippen LogP contribution in [0.15, 0.2) is 217 Å². The van der Waals surface area contributed by atoms with E-state index in [0.29, 0.717) is 17.5 Å². The summed E-state index contributed by atoms with van der Waals surface area (Å²) in [5, 5.41) is 2.13. The van der Waals surface area contributed by atoms with Gasteiger partial charge < -0.3 is 4.42 Å². The van der Waals surface area contributed by atoms with Crippen LogP contribution in [0.1, 0.15) is 25.0 Å². The molecule has 2 heterocycles. The minimum atomic E-state index is -0.119. The third-order valence-corrected chi connectivity index (χ3v) is 12.9. The van der Waals surface area contributed by atoms with Gasteiger partial charge in [0, 0.05) is 32.9 Å². The standard InChI is InChI=1S/C60H41N3O/c1-60(2)52-23-13-12-21-49(52)50-31-29-43(36-53(50)60)46-33-45(39-17-8-4-9-18-39)34-47(35-46)59-62-57(42-19-10-5-11-20-42)61-58(63-59)44-30-32-51-55(37-44)64-54-24-14-22-48(56(51)54)41-27-25-40(26-28-41)38-15-6-3-7-16-38/h3-37H,1-2H3. The van der Waals surface area contributed by atoms with E-state index in [1.807, 2.05) is 30.3 Å². The quantitative estimate of drug-likeness (QED) is 0.161. The molecule has 0 fully saturated rings. The van der Waals surface area contributed by atoms with E-state index in [9.17, 15) is 0 Å². The van der Waals surface area contributed by atoms with E-state index >= 15 is 0 Å². The van der Waals surface area contributed by atoms with E-state index < -0.39 is 0 Å². The number of hydrogen-bond acceptors (Lipinski definition) is 4. The second-order valence-corrected chi connectivity index (χ2v) is 17.2.